The van der Waals surface area contributed by atoms with Crippen LogP contribution in [0.3, 0.4) is 0 Å². The number of esters is 1. The molecule has 9 nitrogen and oxygen atoms in total. The average Bonchev–Trinajstić information content (AvgIpc) is 3.23. The van der Waals surface area contributed by atoms with Crippen molar-refractivity contribution in [2.75, 3.05) is 6.61 Å². The number of aryl methyl sites for hydroxylation is 2. The van der Waals surface area contributed by atoms with E-state index in [1.54, 1.807) is 6.92 Å². The summed E-state index contributed by atoms with van der Waals surface area (Å²) in [7, 11) is 0. The summed E-state index contributed by atoms with van der Waals surface area (Å²) in [6, 6.07) is 16.0. The molecule has 0 amide bonds. The van der Waals surface area contributed by atoms with Gasteiger partial charge in [-0.1, -0.05) is 30.3 Å². The molecule has 0 bridgehead atoms. The lowest BCUT2D eigenvalue weighted by Gasteiger charge is -2.22. The fraction of sp³-hybridized carbons (Fsp3) is 0.320. The molecule has 4 aromatic rings. The molecule has 176 valence electrons. The first-order valence-corrected chi connectivity index (χ1v) is 11.2. The van der Waals surface area contributed by atoms with Crippen LogP contribution in [0.4, 0.5) is 0 Å². The number of carbonyl (C=O) groups is 1. The Kier molecular flexibility index (Phi) is 7.12. The molecular weight excluding hydrogens is 432 g/mol. The number of hydrogen-bond acceptors (Lipinski definition) is 7. The first kappa shape index (κ1) is 23.3. The standard InChI is InChI=1S/C25H28N6O3/c1-4-34-24(32)16-31-23(27-28-29-31)15-30(13-19-8-6-5-7-9-19)14-21-12-20-10-17(2)18(3)11-22(20)26-25(21)33/h5-12H,4,13-16H2,1-3H3,(H,26,33). The molecule has 0 saturated heterocycles. The Bertz CT molecular complexity index is 1350. The van der Waals surface area contributed by atoms with Crippen molar-refractivity contribution in [3.8, 4) is 0 Å². The number of tetrazole rings is 1. The van der Waals surface area contributed by atoms with Crippen molar-refractivity contribution >= 4 is 16.9 Å². The maximum Gasteiger partial charge on any atom is 0.327 e. The predicted molar refractivity (Wildman–Crippen MR) is 128 cm³/mol. The van der Waals surface area contributed by atoms with Crippen LogP contribution < -0.4 is 5.56 Å². The molecule has 0 unspecified atom stereocenters. The van der Waals surface area contributed by atoms with E-state index >= 15 is 0 Å². The second kappa shape index (κ2) is 10.4. The van der Waals surface area contributed by atoms with Crippen molar-refractivity contribution in [1.29, 1.82) is 0 Å². The van der Waals surface area contributed by atoms with E-state index in [-0.39, 0.29) is 12.1 Å². The van der Waals surface area contributed by atoms with E-state index in [0.717, 1.165) is 22.0 Å². The van der Waals surface area contributed by atoms with Gasteiger partial charge in [0.15, 0.2) is 5.82 Å². The van der Waals surface area contributed by atoms with Gasteiger partial charge in [0, 0.05) is 24.2 Å². The minimum Gasteiger partial charge on any atom is -0.465 e. The number of hydrogen-bond donors (Lipinski definition) is 1. The second-order valence-electron chi connectivity index (χ2n) is 8.34. The first-order chi connectivity index (χ1) is 16.4. The molecular formula is C25H28N6O3. The summed E-state index contributed by atoms with van der Waals surface area (Å²) in [5, 5.41) is 12.8. The number of benzene rings is 2. The van der Waals surface area contributed by atoms with Crippen molar-refractivity contribution in [2.45, 2.75) is 47.0 Å². The molecule has 0 spiro atoms. The highest BCUT2D eigenvalue weighted by Gasteiger charge is 2.17. The minimum atomic E-state index is -0.401. The summed E-state index contributed by atoms with van der Waals surface area (Å²) in [4.78, 5) is 30.0. The molecule has 0 atom stereocenters. The van der Waals surface area contributed by atoms with Gasteiger partial charge in [-0.2, -0.15) is 0 Å². The number of aromatic amines is 1. The van der Waals surface area contributed by atoms with Crippen LogP contribution in [0.15, 0.2) is 53.3 Å². The van der Waals surface area contributed by atoms with Crippen LogP contribution in [0.1, 0.15) is 35.0 Å². The zero-order valence-electron chi connectivity index (χ0n) is 19.6. The second-order valence-corrected chi connectivity index (χ2v) is 8.34. The molecule has 34 heavy (non-hydrogen) atoms. The average molecular weight is 461 g/mol. The Morgan fingerprint density at radius 2 is 1.82 bits per heavy atom. The van der Waals surface area contributed by atoms with Gasteiger partial charge < -0.3 is 9.72 Å². The maximum absolute atomic E-state index is 12.9. The maximum atomic E-state index is 12.9. The van der Waals surface area contributed by atoms with Gasteiger partial charge in [0.25, 0.3) is 5.56 Å². The van der Waals surface area contributed by atoms with Crippen LogP contribution in [0.5, 0.6) is 0 Å². The van der Waals surface area contributed by atoms with E-state index in [2.05, 4.69) is 38.4 Å². The van der Waals surface area contributed by atoms with Gasteiger partial charge in [0.1, 0.15) is 6.54 Å². The lowest BCUT2D eigenvalue weighted by molar-refractivity contribution is -0.144. The molecule has 0 aliphatic carbocycles. The molecule has 2 heterocycles. The molecule has 0 aliphatic heterocycles. The molecule has 9 heteroatoms. The zero-order chi connectivity index (χ0) is 24.1. The van der Waals surface area contributed by atoms with Crippen molar-refractivity contribution in [3.05, 3.63) is 87.0 Å². The first-order valence-electron chi connectivity index (χ1n) is 11.2. The molecule has 1 N–H and O–H groups in total. The lowest BCUT2D eigenvalue weighted by Crippen LogP contribution is -2.28. The minimum absolute atomic E-state index is 0.0649. The summed E-state index contributed by atoms with van der Waals surface area (Å²) < 4.78 is 6.46. The van der Waals surface area contributed by atoms with Crippen LogP contribution in [0.2, 0.25) is 0 Å². The normalized spacial score (nSPS) is 11.3. The number of ether oxygens (including phenoxy) is 1. The molecule has 0 fully saturated rings. The van der Waals surface area contributed by atoms with Gasteiger partial charge in [0.05, 0.1) is 13.2 Å². The Morgan fingerprint density at radius 3 is 2.59 bits per heavy atom. The van der Waals surface area contributed by atoms with Gasteiger partial charge in [-0.05, 0) is 71.5 Å². The summed E-state index contributed by atoms with van der Waals surface area (Å²) in [6.45, 7) is 7.39. The third-order valence-corrected chi connectivity index (χ3v) is 5.73. The van der Waals surface area contributed by atoms with E-state index < -0.39 is 5.97 Å². The summed E-state index contributed by atoms with van der Waals surface area (Å²) in [5.74, 6) is 0.120. The van der Waals surface area contributed by atoms with Crippen LogP contribution in [0, 0.1) is 13.8 Å². The number of carbonyl (C=O) groups excluding carboxylic acids is 1. The Hall–Kier alpha value is -3.85. The summed E-state index contributed by atoms with van der Waals surface area (Å²) >= 11 is 0. The van der Waals surface area contributed by atoms with Gasteiger partial charge >= 0.3 is 5.97 Å². The smallest absolute Gasteiger partial charge is 0.327 e. The molecule has 2 aromatic heterocycles. The van der Waals surface area contributed by atoms with E-state index in [1.807, 2.05) is 49.4 Å². The summed E-state index contributed by atoms with van der Waals surface area (Å²) in [6.07, 6.45) is 0. The zero-order valence-corrected chi connectivity index (χ0v) is 19.6. The largest absolute Gasteiger partial charge is 0.465 e. The number of aromatic nitrogens is 5. The predicted octanol–water partition coefficient (Wildman–Crippen LogP) is 2.90. The fourth-order valence-corrected chi connectivity index (χ4v) is 3.88. The topological polar surface area (TPSA) is 106 Å². The molecule has 0 radical (unpaired) electrons. The van der Waals surface area contributed by atoms with Crippen LogP contribution >= 0.6 is 0 Å². The highest BCUT2D eigenvalue weighted by atomic mass is 16.5. The van der Waals surface area contributed by atoms with E-state index in [9.17, 15) is 9.59 Å². The fourth-order valence-electron chi connectivity index (χ4n) is 3.88. The van der Waals surface area contributed by atoms with Crippen molar-refractivity contribution in [1.82, 2.24) is 30.1 Å². The van der Waals surface area contributed by atoms with Gasteiger partial charge in [-0.3, -0.25) is 14.5 Å². The molecule has 0 saturated carbocycles. The number of H-pyrrole nitrogens is 1. The van der Waals surface area contributed by atoms with E-state index in [0.29, 0.717) is 37.6 Å². The van der Waals surface area contributed by atoms with Gasteiger partial charge in [0.2, 0.25) is 0 Å². The number of pyridine rings is 1. The molecule has 0 aliphatic rings. The Morgan fingerprint density at radius 1 is 1.06 bits per heavy atom. The third-order valence-electron chi connectivity index (χ3n) is 5.73. The third kappa shape index (κ3) is 5.55. The van der Waals surface area contributed by atoms with Crippen LogP contribution in [-0.2, 0) is 35.7 Å². The van der Waals surface area contributed by atoms with E-state index in [4.69, 9.17) is 4.74 Å². The van der Waals surface area contributed by atoms with Crippen molar-refractivity contribution in [2.24, 2.45) is 0 Å². The van der Waals surface area contributed by atoms with Crippen molar-refractivity contribution < 1.29 is 9.53 Å². The van der Waals surface area contributed by atoms with E-state index in [1.165, 1.54) is 10.2 Å². The Labute approximate surface area is 197 Å². The monoisotopic (exact) mass is 460 g/mol. The highest BCUT2D eigenvalue weighted by molar-refractivity contribution is 5.80. The number of rotatable bonds is 9. The van der Waals surface area contributed by atoms with Crippen molar-refractivity contribution in [3.63, 3.8) is 0 Å². The molecule has 4 rings (SSSR count). The van der Waals surface area contributed by atoms with Gasteiger partial charge in [-0.25, -0.2) is 4.68 Å². The number of nitrogens with one attached hydrogen (secondary N) is 1. The highest BCUT2D eigenvalue weighted by Crippen LogP contribution is 2.19. The van der Waals surface area contributed by atoms with Crippen LogP contribution in [-0.4, -0.2) is 42.7 Å². The SMILES string of the molecule is CCOC(=O)Cn1nnnc1CN(Cc1ccccc1)Cc1cc2cc(C)c(C)cc2[nH]c1=O. The summed E-state index contributed by atoms with van der Waals surface area (Å²) in [5.41, 5.74) is 4.75. The lowest BCUT2D eigenvalue weighted by atomic mass is 10.0. The Balaban J connectivity index is 1.63. The molecule has 2 aromatic carbocycles. The van der Waals surface area contributed by atoms with Gasteiger partial charge in [-0.15, -0.1) is 5.10 Å². The number of nitrogens with zero attached hydrogens (tertiary/aromatic N) is 5. The van der Waals surface area contributed by atoms with Crippen LogP contribution in [0.25, 0.3) is 10.9 Å². The quantitative estimate of drug-likeness (QED) is 0.383. The number of fused-ring (bicyclic) bond motifs is 1.